The summed E-state index contributed by atoms with van der Waals surface area (Å²) in [5.41, 5.74) is -0.0629. The van der Waals surface area contributed by atoms with E-state index in [4.69, 9.17) is 5.11 Å². The van der Waals surface area contributed by atoms with E-state index in [2.05, 4.69) is 20.7 Å². The van der Waals surface area contributed by atoms with Crippen LogP contribution in [-0.4, -0.2) is 40.4 Å². The Morgan fingerprint density at radius 3 is 2.60 bits per heavy atom. The minimum absolute atomic E-state index is 0.0629. The molecule has 0 amide bonds. The molecule has 0 aliphatic heterocycles. The molecule has 0 saturated heterocycles. The Balaban J connectivity index is 2.60. The maximum atomic E-state index is 11.8. The number of hydrogen-bond acceptors (Lipinski definition) is 3. The molecular formula is C11H10BrF3O4S. The average molecular weight is 375 g/mol. The molecule has 0 bridgehead atoms. The lowest BCUT2D eigenvalue weighted by molar-refractivity contribution is -0.172. The molecule has 0 saturated carbocycles. The minimum Gasteiger partial charge on any atom is -0.478 e. The fraction of sp³-hybridized carbons (Fsp3) is 0.364. The molecule has 0 aliphatic rings. The molecule has 1 unspecified atom stereocenters. The van der Waals surface area contributed by atoms with Gasteiger partial charge in [0.25, 0.3) is 0 Å². The number of rotatable bonds is 6. The predicted molar refractivity (Wildman–Crippen MR) is 69.3 cm³/mol. The highest BCUT2D eigenvalue weighted by Crippen LogP contribution is 2.20. The van der Waals surface area contributed by atoms with Crippen LogP contribution >= 0.6 is 15.9 Å². The van der Waals surface area contributed by atoms with E-state index in [0.29, 0.717) is 4.47 Å². The Kier molecular flexibility index (Phi) is 6.15. The molecule has 1 atom stereocenters. The van der Waals surface area contributed by atoms with Gasteiger partial charge in [-0.2, -0.15) is 13.2 Å². The smallest absolute Gasteiger partial charge is 0.411 e. The van der Waals surface area contributed by atoms with Crippen LogP contribution in [0.4, 0.5) is 13.2 Å². The van der Waals surface area contributed by atoms with Gasteiger partial charge in [-0.1, -0.05) is 0 Å². The summed E-state index contributed by atoms with van der Waals surface area (Å²) in [5, 5.41) is 8.90. The van der Waals surface area contributed by atoms with E-state index in [1.54, 1.807) is 0 Å². The van der Waals surface area contributed by atoms with Crippen molar-refractivity contribution in [3.8, 4) is 0 Å². The van der Waals surface area contributed by atoms with Gasteiger partial charge < -0.3 is 9.84 Å². The van der Waals surface area contributed by atoms with Gasteiger partial charge >= 0.3 is 12.1 Å². The van der Waals surface area contributed by atoms with Crippen LogP contribution in [-0.2, 0) is 15.5 Å². The number of ether oxygens (including phenoxy) is 1. The predicted octanol–water partition coefficient (Wildman–Crippen LogP) is 2.83. The summed E-state index contributed by atoms with van der Waals surface area (Å²) < 4.78 is 51.9. The molecule has 4 nitrogen and oxygen atoms in total. The molecule has 0 heterocycles. The number of benzene rings is 1. The summed E-state index contributed by atoms with van der Waals surface area (Å²) in [6.45, 7) is -1.73. The average Bonchev–Trinajstić information content (AvgIpc) is 2.33. The van der Waals surface area contributed by atoms with Gasteiger partial charge in [0.05, 0.1) is 28.7 Å². The van der Waals surface area contributed by atoms with Crippen LogP contribution in [0.25, 0.3) is 0 Å². The lowest BCUT2D eigenvalue weighted by Crippen LogP contribution is -2.19. The van der Waals surface area contributed by atoms with Crippen LogP contribution < -0.4 is 0 Å². The van der Waals surface area contributed by atoms with Gasteiger partial charge in [0.1, 0.15) is 6.61 Å². The summed E-state index contributed by atoms with van der Waals surface area (Å²) in [6, 6.07) is 4.08. The largest absolute Gasteiger partial charge is 0.478 e. The van der Waals surface area contributed by atoms with Gasteiger partial charge in [-0.25, -0.2) is 4.79 Å². The van der Waals surface area contributed by atoms with Crippen molar-refractivity contribution in [3.63, 3.8) is 0 Å². The molecule has 20 heavy (non-hydrogen) atoms. The maximum absolute atomic E-state index is 11.8. The minimum atomic E-state index is -4.42. The van der Waals surface area contributed by atoms with Gasteiger partial charge in [-0.15, -0.1) is 0 Å². The zero-order valence-corrected chi connectivity index (χ0v) is 12.3. The third-order valence-electron chi connectivity index (χ3n) is 2.11. The molecule has 0 spiro atoms. The number of carboxylic acid groups (broad SMARTS) is 1. The van der Waals surface area contributed by atoms with Gasteiger partial charge in [-0.05, 0) is 34.1 Å². The highest BCUT2D eigenvalue weighted by molar-refractivity contribution is 9.10. The van der Waals surface area contributed by atoms with Crippen molar-refractivity contribution in [2.24, 2.45) is 0 Å². The summed E-state index contributed by atoms with van der Waals surface area (Å²) in [6.07, 6.45) is -4.42. The standard InChI is InChI=1S/C11H10BrF3O4S/c12-9-2-1-7(5-8(9)10(16)17)20(18)4-3-19-6-11(13,14)15/h1-2,5H,3-4,6H2,(H,16,17). The third-order valence-corrected chi connectivity index (χ3v) is 4.12. The number of halogens is 4. The Labute approximate surface area is 123 Å². The molecule has 9 heteroatoms. The van der Waals surface area contributed by atoms with E-state index in [1.165, 1.54) is 18.2 Å². The highest BCUT2D eigenvalue weighted by atomic mass is 79.9. The molecule has 112 valence electrons. The van der Waals surface area contributed by atoms with E-state index in [-0.39, 0.29) is 22.8 Å². The van der Waals surface area contributed by atoms with Crippen molar-refractivity contribution in [3.05, 3.63) is 28.2 Å². The SMILES string of the molecule is O=C(O)c1cc(S(=O)CCOCC(F)(F)F)ccc1Br. The quantitative estimate of drug-likeness (QED) is 0.777. The fourth-order valence-electron chi connectivity index (χ4n) is 1.25. The summed E-state index contributed by atoms with van der Waals surface area (Å²) >= 11 is 3.04. The van der Waals surface area contributed by atoms with E-state index < -0.39 is 29.6 Å². The molecule has 0 aromatic heterocycles. The zero-order chi connectivity index (χ0) is 15.3. The third kappa shape index (κ3) is 5.59. The molecule has 1 rings (SSSR count). The Morgan fingerprint density at radius 2 is 2.05 bits per heavy atom. The lowest BCUT2D eigenvalue weighted by atomic mass is 10.2. The number of aromatic carboxylic acids is 1. The van der Waals surface area contributed by atoms with E-state index in [0.717, 1.165) is 0 Å². The molecular weight excluding hydrogens is 365 g/mol. The van der Waals surface area contributed by atoms with E-state index >= 15 is 0 Å². The van der Waals surface area contributed by atoms with Crippen molar-refractivity contribution in [1.29, 1.82) is 0 Å². The van der Waals surface area contributed by atoms with Crippen molar-refractivity contribution in [2.75, 3.05) is 19.0 Å². The van der Waals surface area contributed by atoms with Gasteiger partial charge in [-0.3, -0.25) is 4.21 Å². The molecule has 0 fully saturated rings. The van der Waals surface area contributed by atoms with Gasteiger partial charge in [0.2, 0.25) is 0 Å². The topological polar surface area (TPSA) is 63.6 Å². The monoisotopic (exact) mass is 374 g/mol. The summed E-state index contributed by atoms with van der Waals surface area (Å²) in [5.74, 6) is -1.33. The van der Waals surface area contributed by atoms with E-state index in [9.17, 15) is 22.2 Å². The Bertz CT molecular complexity index is 519. The number of hydrogen-bond donors (Lipinski definition) is 1. The first-order chi connectivity index (χ1) is 9.20. The van der Waals surface area contributed by atoms with Crippen LogP contribution in [0.3, 0.4) is 0 Å². The number of carbonyl (C=O) groups is 1. The maximum Gasteiger partial charge on any atom is 0.411 e. The van der Waals surface area contributed by atoms with Crippen molar-refractivity contribution < 1.29 is 32.0 Å². The van der Waals surface area contributed by atoms with Crippen molar-refractivity contribution in [1.82, 2.24) is 0 Å². The van der Waals surface area contributed by atoms with Crippen molar-refractivity contribution >= 4 is 32.7 Å². The van der Waals surface area contributed by atoms with Gasteiger partial charge in [0.15, 0.2) is 0 Å². The second kappa shape index (κ2) is 7.19. The van der Waals surface area contributed by atoms with Crippen LogP contribution in [0.15, 0.2) is 27.6 Å². The first kappa shape index (κ1) is 17.1. The molecule has 1 aromatic rings. The van der Waals surface area contributed by atoms with Crippen LogP contribution in [0, 0.1) is 0 Å². The summed E-state index contributed by atoms with van der Waals surface area (Å²) in [4.78, 5) is 11.1. The van der Waals surface area contributed by atoms with Crippen LogP contribution in [0.2, 0.25) is 0 Å². The molecule has 1 aromatic carbocycles. The molecule has 0 aliphatic carbocycles. The highest BCUT2D eigenvalue weighted by Gasteiger charge is 2.27. The lowest BCUT2D eigenvalue weighted by Gasteiger charge is -2.08. The van der Waals surface area contributed by atoms with Gasteiger partial charge in [0, 0.05) is 9.37 Å². The zero-order valence-electron chi connectivity index (χ0n) is 9.95. The fourth-order valence-corrected chi connectivity index (χ4v) is 2.64. The number of alkyl halides is 3. The number of carboxylic acids is 1. The second-order valence-electron chi connectivity index (χ2n) is 3.66. The molecule has 1 N–H and O–H groups in total. The summed E-state index contributed by atoms with van der Waals surface area (Å²) in [7, 11) is -1.62. The molecule has 0 radical (unpaired) electrons. The first-order valence-corrected chi connectivity index (χ1v) is 7.37. The Hall–Kier alpha value is -0.930. The van der Waals surface area contributed by atoms with Crippen molar-refractivity contribution in [2.45, 2.75) is 11.1 Å². The first-order valence-electron chi connectivity index (χ1n) is 5.26. The normalized spacial score (nSPS) is 13.2. The Morgan fingerprint density at radius 1 is 1.40 bits per heavy atom. The van der Waals surface area contributed by atoms with E-state index in [1.807, 2.05) is 0 Å². The van der Waals surface area contributed by atoms with Crippen LogP contribution in [0.5, 0.6) is 0 Å². The van der Waals surface area contributed by atoms with Crippen LogP contribution in [0.1, 0.15) is 10.4 Å². The second-order valence-corrected chi connectivity index (χ2v) is 6.09.